The lowest BCUT2D eigenvalue weighted by atomic mass is 10.1. The van der Waals surface area contributed by atoms with E-state index in [1.165, 1.54) is 24.7 Å². The van der Waals surface area contributed by atoms with Gasteiger partial charge >= 0.3 is 0 Å². The molecule has 150 valence electrons. The Bertz CT molecular complexity index is 1020. The molecule has 1 heterocycles. The zero-order chi connectivity index (χ0) is 20.2. The van der Waals surface area contributed by atoms with Crippen molar-refractivity contribution in [3.8, 4) is 17.2 Å². The van der Waals surface area contributed by atoms with E-state index < -0.39 is 0 Å². The molecule has 0 bridgehead atoms. The highest BCUT2D eigenvalue weighted by molar-refractivity contribution is 6.03. The summed E-state index contributed by atoms with van der Waals surface area (Å²) < 4.78 is 22.0. The average molecular weight is 393 g/mol. The molecule has 0 saturated heterocycles. The van der Waals surface area contributed by atoms with E-state index in [9.17, 15) is 4.79 Å². The molecule has 1 aliphatic carbocycles. The fourth-order valence-corrected chi connectivity index (χ4v) is 3.46. The number of rotatable bonds is 7. The van der Waals surface area contributed by atoms with Crippen molar-refractivity contribution in [3.05, 3.63) is 71.2 Å². The van der Waals surface area contributed by atoms with Gasteiger partial charge in [-0.05, 0) is 66.8 Å². The highest BCUT2D eigenvalue weighted by Crippen LogP contribution is 2.30. The lowest BCUT2D eigenvalue weighted by Gasteiger charge is -2.10. The molecule has 29 heavy (non-hydrogen) atoms. The highest BCUT2D eigenvalue weighted by Gasteiger charge is 2.15. The van der Waals surface area contributed by atoms with Crippen LogP contribution in [0.1, 0.15) is 33.9 Å². The number of nitrogens with one attached hydrogen (secondary N) is 1. The van der Waals surface area contributed by atoms with Crippen LogP contribution in [0.15, 0.2) is 52.9 Å². The summed E-state index contributed by atoms with van der Waals surface area (Å²) in [7, 11) is 3.11. The zero-order valence-corrected chi connectivity index (χ0v) is 16.5. The quantitative estimate of drug-likeness (QED) is 0.634. The minimum atomic E-state index is -0.364. The van der Waals surface area contributed by atoms with Crippen molar-refractivity contribution in [1.82, 2.24) is 0 Å². The first-order chi connectivity index (χ1) is 14.2. The zero-order valence-electron chi connectivity index (χ0n) is 16.5. The molecule has 0 atom stereocenters. The number of fused-ring (bicyclic) bond motifs is 1. The van der Waals surface area contributed by atoms with Crippen LogP contribution in [0.3, 0.4) is 0 Å². The molecule has 0 spiro atoms. The molecule has 0 saturated carbocycles. The molecule has 6 nitrogen and oxygen atoms in total. The van der Waals surface area contributed by atoms with Crippen LogP contribution in [0.25, 0.3) is 0 Å². The van der Waals surface area contributed by atoms with Gasteiger partial charge in [0.1, 0.15) is 29.6 Å². The molecular formula is C23H23NO5. The molecule has 2 aromatic carbocycles. The molecule has 0 unspecified atom stereocenters. The molecule has 4 rings (SSSR count). The van der Waals surface area contributed by atoms with Gasteiger partial charge in [-0.15, -0.1) is 0 Å². The molecule has 1 aromatic heterocycles. The van der Waals surface area contributed by atoms with Gasteiger partial charge in [-0.3, -0.25) is 4.79 Å². The van der Waals surface area contributed by atoms with Crippen molar-refractivity contribution >= 4 is 11.6 Å². The summed E-state index contributed by atoms with van der Waals surface area (Å²) in [5.41, 5.74) is 3.30. The second kappa shape index (κ2) is 8.31. The van der Waals surface area contributed by atoms with Gasteiger partial charge in [0.15, 0.2) is 5.76 Å². The number of aryl methyl sites for hydroxylation is 2. The smallest absolute Gasteiger partial charge is 0.291 e. The molecule has 1 N–H and O–H groups in total. The number of carbonyl (C=O) groups excluding carboxylic acids is 1. The number of ether oxygens (including phenoxy) is 3. The van der Waals surface area contributed by atoms with E-state index >= 15 is 0 Å². The van der Waals surface area contributed by atoms with Crippen LogP contribution < -0.4 is 19.5 Å². The molecule has 0 radical (unpaired) electrons. The Morgan fingerprint density at radius 3 is 2.62 bits per heavy atom. The predicted octanol–water partition coefficient (Wildman–Crippen LogP) is 4.62. The van der Waals surface area contributed by atoms with E-state index in [-0.39, 0.29) is 18.3 Å². The van der Waals surface area contributed by atoms with E-state index in [2.05, 4.69) is 17.4 Å². The van der Waals surface area contributed by atoms with Gasteiger partial charge in [-0.25, -0.2) is 0 Å². The summed E-state index contributed by atoms with van der Waals surface area (Å²) >= 11 is 0. The third-order valence-corrected chi connectivity index (χ3v) is 4.99. The fraction of sp³-hybridized carbons (Fsp3) is 0.261. The van der Waals surface area contributed by atoms with Crippen LogP contribution in [0.2, 0.25) is 0 Å². The Kier molecular flexibility index (Phi) is 5.42. The van der Waals surface area contributed by atoms with E-state index in [4.69, 9.17) is 18.6 Å². The summed E-state index contributed by atoms with van der Waals surface area (Å²) in [6, 6.07) is 14.7. The van der Waals surface area contributed by atoms with Gasteiger partial charge in [0.05, 0.1) is 19.9 Å². The third kappa shape index (κ3) is 4.21. The molecule has 0 fully saturated rings. The molecule has 6 heteroatoms. The van der Waals surface area contributed by atoms with Gasteiger partial charge < -0.3 is 23.9 Å². The predicted molar refractivity (Wildman–Crippen MR) is 109 cm³/mol. The van der Waals surface area contributed by atoms with Crippen LogP contribution in [-0.4, -0.2) is 20.1 Å². The summed E-state index contributed by atoms with van der Waals surface area (Å²) in [5, 5.41) is 2.79. The summed E-state index contributed by atoms with van der Waals surface area (Å²) in [4.78, 5) is 12.5. The first kappa shape index (κ1) is 18.9. The number of hydrogen-bond acceptors (Lipinski definition) is 5. The van der Waals surface area contributed by atoms with Crippen molar-refractivity contribution in [1.29, 1.82) is 0 Å². The molecular weight excluding hydrogens is 370 g/mol. The van der Waals surface area contributed by atoms with Crippen molar-refractivity contribution < 1.29 is 23.4 Å². The Morgan fingerprint density at radius 2 is 1.79 bits per heavy atom. The minimum absolute atomic E-state index is 0.204. The second-order valence-corrected chi connectivity index (χ2v) is 6.86. The Labute approximate surface area is 169 Å². The van der Waals surface area contributed by atoms with Crippen LogP contribution in [0, 0.1) is 0 Å². The first-order valence-corrected chi connectivity index (χ1v) is 9.53. The number of benzene rings is 2. The lowest BCUT2D eigenvalue weighted by Crippen LogP contribution is -2.11. The average Bonchev–Trinajstić information content (AvgIpc) is 3.41. The third-order valence-electron chi connectivity index (χ3n) is 4.99. The first-order valence-electron chi connectivity index (χ1n) is 9.53. The monoisotopic (exact) mass is 393 g/mol. The maximum Gasteiger partial charge on any atom is 0.291 e. The van der Waals surface area contributed by atoms with Gasteiger partial charge in [0.2, 0.25) is 0 Å². The number of methoxy groups -OCH3 is 2. The SMILES string of the molecule is COc1ccc(NC(=O)c2ccc(COc3ccc4c(c3)CCC4)o2)c(OC)c1. The minimum Gasteiger partial charge on any atom is -0.497 e. The van der Waals surface area contributed by atoms with E-state index in [0.29, 0.717) is 22.9 Å². The molecule has 3 aromatic rings. The summed E-state index contributed by atoms with van der Waals surface area (Å²) in [6.45, 7) is 0.262. The van der Waals surface area contributed by atoms with Crippen LogP contribution in [0.4, 0.5) is 5.69 Å². The Hall–Kier alpha value is -3.41. The topological polar surface area (TPSA) is 69.9 Å². The van der Waals surface area contributed by atoms with Crippen molar-refractivity contribution in [2.75, 3.05) is 19.5 Å². The number of anilines is 1. The number of furan rings is 1. The van der Waals surface area contributed by atoms with Crippen LogP contribution in [-0.2, 0) is 19.4 Å². The molecule has 1 aliphatic rings. The normalized spacial score (nSPS) is 12.3. The summed E-state index contributed by atoms with van der Waals surface area (Å²) in [6.07, 6.45) is 3.45. The highest BCUT2D eigenvalue weighted by atomic mass is 16.5. The standard InChI is InChI=1S/C23H23NO5/c1-26-17-8-10-20(22(13-17)27-2)24-23(25)21-11-9-19(29-21)14-28-18-7-6-15-4-3-5-16(15)12-18/h6-13H,3-5,14H2,1-2H3,(H,24,25). The molecule has 0 aliphatic heterocycles. The Balaban J connectivity index is 1.39. The van der Waals surface area contributed by atoms with Gasteiger partial charge in [0, 0.05) is 6.07 Å². The van der Waals surface area contributed by atoms with Crippen molar-refractivity contribution in [2.45, 2.75) is 25.9 Å². The lowest BCUT2D eigenvalue weighted by molar-refractivity contribution is 0.0992. The van der Waals surface area contributed by atoms with Crippen molar-refractivity contribution in [3.63, 3.8) is 0 Å². The second-order valence-electron chi connectivity index (χ2n) is 6.86. The number of amides is 1. The van der Waals surface area contributed by atoms with Crippen LogP contribution in [0.5, 0.6) is 17.2 Å². The van der Waals surface area contributed by atoms with Gasteiger partial charge in [-0.2, -0.15) is 0 Å². The summed E-state index contributed by atoms with van der Waals surface area (Å²) in [5.74, 6) is 2.38. The van der Waals surface area contributed by atoms with E-state index in [1.54, 1.807) is 37.4 Å². The number of carbonyl (C=O) groups is 1. The van der Waals surface area contributed by atoms with Gasteiger partial charge in [-0.1, -0.05) is 6.07 Å². The largest absolute Gasteiger partial charge is 0.497 e. The van der Waals surface area contributed by atoms with E-state index in [1.807, 2.05) is 6.07 Å². The number of hydrogen-bond donors (Lipinski definition) is 1. The Morgan fingerprint density at radius 1 is 0.966 bits per heavy atom. The van der Waals surface area contributed by atoms with Crippen LogP contribution >= 0.6 is 0 Å². The maximum absolute atomic E-state index is 12.5. The fourth-order valence-electron chi connectivity index (χ4n) is 3.46. The maximum atomic E-state index is 12.5. The van der Waals surface area contributed by atoms with Gasteiger partial charge in [0.25, 0.3) is 5.91 Å². The molecule has 1 amide bonds. The van der Waals surface area contributed by atoms with E-state index in [0.717, 1.165) is 18.6 Å². The van der Waals surface area contributed by atoms with Crippen molar-refractivity contribution in [2.24, 2.45) is 0 Å².